The lowest BCUT2D eigenvalue weighted by atomic mass is 9.95. The number of rotatable bonds is 7. The summed E-state index contributed by atoms with van der Waals surface area (Å²) in [5.41, 5.74) is 0.277. The molecule has 3 aromatic carbocycles. The van der Waals surface area contributed by atoms with Crippen molar-refractivity contribution in [3.05, 3.63) is 53.3 Å². The van der Waals surface area contributed by atoms with Crippen molar-refractivity contribution in [3.8, 4) is 22.9 Å². The molecular formula is C32H35ClFN5O3. The van der Waals surface area contributed by atoms with Crippen LogP contribution in [0.15, 0.2) is 42.5 Å². The van der Waals surface area contributed by atoms with Gasteiger partial charge in [0, 0.05) is 42.0 Å². The van der Waals surface area contributed by atoms with Crippen molar-refractivity contribution >= 4 is 39.1 Å². The summed E-state index contributed by atoms with van der Waals surface area (Å²) in [6.07, 6.45) is 2.25. The minimum Gasteiger partial charge on any atom is -0.508 e. The Kier molecular flexibility index (Phi) is 6.51. The molecule has 1 aliphatic carbocycles. The molecule has 3 atom stereocenters. The molecule has 2 aliphatic heterocycles. The first kappa shape index (κ1) is 27.6. The summed E-state index contributed by atoms with van der Waals surface area (Å²) in [6, 6.07) is 12.6. The minimum atomic E-state index is -0.597. The molecule has 0 amide bonds. The molecule has 3 heterocycles. The monoisotopic (exact) mass is 591 g/mol. The van der Waals surface area contributed by atoms with Crippen molar-refractivity contribution in [2.45, 2.75) is 43.9 Å². The van der Waals surface area contributed by atoms with E-state index >= 15 is 4.39 Å². The van der Waals surface area contributed by atoms with Crippen LogP contribution in [0.1, 0.15) is 26.2 Å². The molecule has 2 saturated heterocycles. The van der Waals surface area contributed by atoms with Gasteiger partial charge in [-0.05, 0) is 74.8 Å². The van der Waals surface area contributed by atoms with E-state index in [2.05, 4.69) is 20.1 Å². The van der Waals surface area contributed by atoms with Crippen molar-refractivity contribution < 1.29 is 19.3 Å². The van der Waals surface area contributed by atoms with Crippen LogP contribution >= 0.6 is 11.6 Å². The number of aliphatic hydroxyl groups is 1. The second kappa shape index (κ2) is 9.91. The third kappa shape index (κ3) is 4.72. The Balaban J connectivity index is 1.38. The molecule has 7 rings (SSSR count). The fourth-order valence-corrected chi connectivity index (χ4v) is 7.23. The van der Waals surface area contributed by atoms with Crippen LogP contribution in [0.25, 0.3) is 32.8 Å². The van der Waals surface area contributed by atoms with Crippen LogP contribution in [-0.4, -0.2) is 83.1 Å². The zero-order valence-corrected chi connectivity index (χ0v) is 24.7. The average molecular weight is 592 g/mol. The zero-order valence-electron chi connectivity index (χ0n) is 24.0. The van der Waals surface area contributed by atoms with Gasteiger partial charge in [-0.2, -0.15) is 9.97 Å². The van der Waals surface area contributed by atoms with E-state index in [0.717, 1.165) is 30.2 Å². The van der Waals surface area contributed by atoms with Gasteiger partial charge >= 0.3 is 6.01 Å². The first-order valence-electron chi connectivity index (χ1n) is 14.4. The van der Waals surface area contributed by atoms with Crippen molar-refractivity contribution in [3.63, 3.8) is 0 Å². The fraction of sp³-hybridized carbons (Fsp3) is 0.438. The minimum absolute atomic E-state index is 0.0189. The number of aromatic nitrogens is 2. The summed E-state index contributed by atoms with van der Waals surface area (Å²) in [7, 11) is 4.09. The number of benzene rings is 3. The Morgan fingerprint density at radius 2 is 1.95 bits per heavy atom. The molecule has 3 fully saturated rings. The van der Waals surface area contributed by atoms with Gasteiger partial charge in [0.15, 0.2) is 5.82 Å². The summed E-state index contributed by atoms with van der Waals surface area (Å²) >= 11 is 6.86. The van der Waals surface area contributed by atoms with E-state index in [-0.39, 0.29) is 39.3 Å². The highest BCUT2D eigenvalue weighted by atomic mass is 35.5. The van der Waals surface area contributed by atoms with Gasteiger partial charge in [-0.1, -0.05) is 35.9 Å². The molecule has 42 heavy (non-hydrogen) atoms. The second-order valence-corrected chi connectivity index (χ2v) is 13.3. The van der Waals surface area contributed by atoms with E-state index in [1.54, 1.807) is 12.1 Å². The normalized spacial score (nSPS) is 24.6. The number of aliphatic hydroxyl groups excluding tert-OH is 1. The Morgan fingerprint density at radius 1 is 1.17 bits per heavy atom. The van der Waals surface area contributed by atoms with Crippen LogP contribution in [0, 0.1) is 11.2 Å². The van der Waals surface area contributed by atoms with Crippen LogP contribution < -0.4 is 15.0 Å². The lowest BCUT2D eigenvalue weighted by molar-refractivity contribution is 0.111. The predicted molar refractivity (Wildman–Crippen MR) is 163 cm³/mol. The number of nitrogens with zero attached hydrogens (tertiary/aromatic N) is 4. The molecule has 1 unspecified atom stereocenters. The molecule has 1 saturated carbocycles. The van der Waals surface area contributed by atoms with Crippen LogP contribution in [-0.2, 0) is 0 Å². The summed E-state index contributed by atoms with van der Waals surface area (Å²) in [5, 5.41) is 27.0. The Bertz CT molecular complexity index is 1710. The third-order valence-electron chi connectivity index (χ3n) is 9.11. The maximum atomic E-state index is 16.8. The zero-order chi connectivity index (χ0) is 29.4. The number of piperazine rings is 1. The highest BCUT2D eigenvalue weighted by molar-refractivity contribution is 6.35. The van der Waals surface area contributed by atoms with E-state index in [1.165, 1.54) is 6.07 Å². The molecule has 4 aromatic rings. The smallest absolute Gasteiger partial charge is 0.319 e. The van der Waals surface area contributed by atoms with Crippen LogP contribution in [0.5, 0.6) is 11.8 Å². The van der Waals surface area contributed by atoms with Gasteiger partial charge in [0.25, 0.3) is 0 Å². The molecule has 0 radical (unpaired) electrons. The van der Waals surface area contributed by atoms with Crippen molar-refractivity contribution in [1.82, 2.24) is 20.2 Å². The maximum Gasteiger partial charge on any atom is 0.319 e. The van der Waals surface area contributed by atoms with Gasteiger partial charge in [0.05, 0.1) is 23.3 Å². The number of anilines is 1. The number of hydrogen-bond donors (Lipinski definition) is 3. The van der Waals surface area contributed by atoms with E-state index in [0.29, 0.717) is 42.9 Å². The van der Waals surface area contributed by atoms with Gasteiger partial charge in [-0.3, -0.25) is 0 Å². The molecule has 8 nitrogen and oxygen atoms in total. The molecule has 10 heteroatoms. The number of aromatic hydroxyl groups is 1. The van der Waals surface area contributed by atoms with Crippen molar-refractivity contribution in [2.75, 3.05) is 45.2 Å². The van der Waals surface area contributed by atoms with Gasteiger partial charge < -0.3 is 30.1 Å². The number of phenolic OH excluding ortho intramolecular Hbond substituents is 1. The van der Waals surface area contributed by atoms with Crippen molar-refractivity contribution in [1.29, 1.82) is 0 Å². The number of halogens is 2. The lowest BCUT2D eigenvalue weighted by Crippen LogP contribution is -2.61. The molecule has 3 aliphatic rings. The van der Waals surface area contributed by atoms with Gasteiger partial charge in [0.1, 0.15) is 17.1 Å². The Hall–Kier alpha value is -3.24. The van der Waals surface area contributed by atoms with E-state index < -0.39 is 17.5 Å². The van der Waals surface area contributed by atoms with E-state index in [9.17, 15) is 10.2 Å². The number of fused-ring (bicyclic) bond motifs is 4. The van der Waals surface area contributed by atoms with Gasteiger partial charge in [0.2, 0.25) is 0 Å². The van der Waals surface area contributed by atoms with Crippen LogP contribution in [0.4, 0.5) is 10.2 Å². The van der Waals surface area contributed by atoms with Crippen LogP contribution in [0.3, 0.4) is 0 Å². The van der Waals surface area contributed by atoms with E-state index in [1.807, 2.05) is 45.3 Å². The number of nitrogens with one attached hydrogen (secondary N) is 1. The quantitative estimate of drug-likeness (QED) is 0.277. The SMILES string of the molecule is CN(C)CC1(COc2nc(N3CC4C[C@@H](O)[C@@](C)(C3)N4)c3cc(Cl)c(-c4cc(O)cc5ccccc45)c(F)c3n2)CC1. The first-order chi connectivity index (χ1) is 20.0. The molecule has 3 N–H and O–H groups in total. The standard InChI is InChI=1S/C32H35ClFN5O3/c1-31-15-39(14-19(37-31)11-25(31)41)29-23-13-24(33)26(22-12-20(40)10-18-6-4-5-7-21(18)22)27(34)28(23)35-30(36-29)42-17-32(8-9-32)16-38(2)3/h4-7,10,12-13,19,25,37,40-41H,8-9,11,14-17H2,1-3H3/t19?,25-,31-/m1/s1. The number of hydrogen-bond acceptors (Lipinski definition) is 8. The highest BCUT2D eigenvalue weighted by Crippen LogP contribution is 2.47. The molecule has 220 valence electrons. The summed E-state index contributed by atoms with van der Waals surface area (Å²) < 4.78 is 23.0. The second-order valence-electron chi connectivity index (χ2n) is 12.9. The first-order valence-corrected chi connectivity index (χ1v) is 14.8. The van der Waals surface area contributed by atoms with Gasteiger partial charge in [-0.15, -0.1) is 0 Å². The summed E-state index contributed by atoms with van der Waals surface area (Å²) in [5.74, 6) is -0.0432. The number of ether oxygens (including phenoxy) is 1. The largest absolute Gasteiger partial charge is 0.508 e. The Morgan fingerprint density at radius 3 is 2.69 bits per heavy atom. The predicted octanol–water partition coefficient (Wildman–Crippen LogP) is 4.97. The van der Waals surface area contributed by atoms with E-state index in [4.69, 9.17) is 21.3 Å². The van der Waals surface area contributed by atoms with Crippen molar-refractivity contribution in [2.24, 2.45) is 5.41 Å². The molecular weight excluding hydrogens is 557 g/mol. The third-order valence-corrected chi connectivity index (χ3v) is 9.41. The average Bonchev–Trinajstić information content (AvgIpc) is 3.65. The lowest BCUT2D eigenvalue weighted by Gasteiger charge is -2.41. The molecule has 1 aromatic heterocycles. The van der Waals surface area contributed by atoms with Crippen LogP contribution in [0.2, 0.25) is 5.02 Å². The number of phenols is 1. The summed E-state index contributed by atoms with van der Waals surface area (Å²) in [4.78, 5) is 13.7. The maximum absolute atomic E-state index is 16.8. The van der Waals surface area contributed by atoms with Gasteiger partial charge in [-0.25, -0.2) is 4.39 Å². The Labute approximate surface area is 249 Å². The molecule has 0 spiro atoms. The fourth-order valence-electron chi connectivity index (χ4n) is 6.94. The highest BCUT2D eigenvalue weighted by Gasteiger charge is 2.48. The topological polar surface area (TPSA) is 94.0 Å². The molecule has 2 bridgehead atoms. The summed E-state index contributed by atoms with van der Waals surface area (Å²) in [6.45, 7) is 4.42.